The third-order valence-corrected chi connectivity index (χ3v) is 5.09. The topological polar surface area (TPSA) is 61.0 Å². The lowest BCUT2D eigenvalue weighted by Crippen LogP contribution is -2.25. The molecule has 1 aliphatic rings. The number of nitrogens with zero attached hydrogens (tertiary/aromatic N) is 2. The predicted molar refractivity (Wildman–Crippen MR) is 93.2 cm³/mol. The van der Waals surface area contributed by atoms with Crippen molar-refractivity contribution in [2.75, 3.05) is 25.5 Å². The molecule has 1 aromatic heterocycles. The van der Waals surface area contributed by atoms with Crippen molar-refractivity contribution in [3.05, 3.63) is 56.2 Å². The molecule has 2 heterocycles. The van der Waals surface area contributed by atoms with Crippen LogP contribution in [0.4, 0.5) is 10.1 Å². The summed E-state index contributed by atoms with van der Waals surface area (Å²) in [5.41, 5.74) is 0.955. The van der Waals surface area contributed by atoms with Gasteiger partial charge < -0.3 is 5.32 Å². The van der Waals surface area contributed by atoms with Crippen LogP contribution >= 0.6 is 23.2 Å². The van der Waals surface area contributed by atoms with Gasteiger partial charge in [-0.1, -0.05) is 29.3 Å². The number of nitrogens with one attached hydrogen (secondary N) is 2. The molecule has 0 saturated carbocycles. The molecule has 24 heavy (non-hydrogen) atoms. The number of halogens is 3. The van der Waals surface area contributed by atoms with E-state index in [0.717, 1.165) is 18.5 Å². The molecule has 0 radical (unpaired) electrons. The van der Waals surface area contributed by atoms with Gasteiger partial charge in [-0.05, 0) is 43.6 Å². The first-order valence-corrected chi connectivity index (χ1v) is 8.35. The molecule has 0 amide bonds. The van der Waals surface area contributed by atoms with Crippen molar-refractivity contribution in [3.63, 3.8) is 0 Å². The fourth-order valence-electron chi connectivity index (χ4n) is 3.21. The van der Waals surface area contributed by atoms with Gasteiger partial charge in [-0.2, -0.15) is 5.10 Å². The Kier molecular flexibility index (Phi) is 5.08. The molecule has 2 aromatic rings. The molecule has 1 fully saturated rings. The van der Waals surface area contributed by atoms with E-state index in [0.29, 0.717) is 12.2 Å². The zero-order valence-electron chi connectivity index (χ0n) is 13.0. The maximum absolute atomic E-state index is 13.8. The van der Waals surface area contributed by atoms with Crippen LogP contribution in [0, 0.1) is 11.7 Å². The molecule has 1 aromatic carbocycles. The summed E-state index contributed by atoms with van der Waals surface area (Å²) in [6.45, 7) is 1.51. The lowest BCUT2D eigenvalue weighted by atomic mass is 9.93. The van der Waals surface area contributed by atoms with Gasteiger partial charge in [0, 0.05) is 12.6 Å². The predicted octanol–water partition coefficient (Wildman–Crippen LogP) is 3.32. The highest BCUT2D eigenvalue weighted by Gasteiger charge is 2.33. The van der Waals surface area contributed by atoms with Crippen LogP contribution in [0.3, 0.4) is 0 Å². The summed E-state index contributed by atoms with van der Waals surface area (Å²) < 4.78 is 13.8. The minimum atomic E-state index is -0.429. The molecule has 2 unspecified atom stereocenters. The minimum Gasteiger partial charge on any atom is -0.382 e. The summed E-state index contributed by atoms with van der Waals surface area (Å²) in [6, 6.07) is 4.99. The van der Waals surface area contributed by atoms with Crippen LogP contribution in [0.15, 0.2) is 29.2 Å². The van der Waals surface area contributed by atoms with E-state index in [9.17, 15) is 9.18 Å². The van der Waals surface area contributed by atoms with Crippen LogP contribution in [0.25, 0.3) is 0 Å². The van der Waals surface area contributed by atoms with E-state index >= 15 is 0 Å². The maximum atomic E-state index is 13.8. The van der Waals surface area contributed by atoms with Gasteiger partial charge in [-0.3, -0.25) is 9.69 Å². The van der Waals surface area contributed by atoms with E-state index in [-0.39, 0.29) is 22.0 Å². The average Bonchev–Trinajstić information content (AvgIpc) is 2.92. The van der Waals surface area contributed by atoms with E-state index in [1.54, 1.807) is 6.07 Å². The zero-order chi connectivity index (χ0) is 17.3. The summed E-state index contributed by atoms with van der Waals surface area (Å²) in [7, 11) is 2.01. The van der Waals surface area contributed by atoms with E-state index in [4.69, 9.17) is 23.2 Å². The Bertz CT molecular complexity index is 798. The Morgan fingerprint density at radius 3 is 3.00 bits per heavy atom. The van der Waals surface area contributed by atoms with Crippen molar-refractivity contribution in [3.8, 4) is 0 Å². The third-order valence-electron chi connectivity index (χ3n) is 4.41. The normalized spacial score (nSPS) is 21.2. The lowest BCUT2D eigenvalue weighted by molar-refractivity contribution is 0.281. The monoisotopic (exact) mass is 370 g/mol. The number of benzene rings is 1. The number of likely N-dealkylation sites (tertiary alicyclic amines) is 1. The Morgan fingerprint density at radius 2 is 2.25 bits per heavy atom. The first kappa shape index (κ1) is 17.2. The van der Waals surface area contributed by atoms with Gasteiger partial charge in [0.1, 0.15) is 10.8 Å². The van der Waals surface area contributed by atoms with E-state index in [1.807, 2.05) is 13.1 Å². The molecule has 0 spiro atoms. The number of hydrogen-bond acceptors (Lipinski definition) is 4. The fraction of sp³-hybridized carbons (Fsp3) is 0.375. The highest BCUT2D eigenvalue weighted by molar-refractivity contribution is 6.32. The third kappa shape index (κ3) is 3.41. The summed E-state index contributed by atoms with van der Waals surface area (Å²) in [5, 5.41) is 9.42. The molecular weight excluding hydrogens is 354 g/mol. The average molecular weight is 371 g/mol. The van der Waals surface area contributed by atoms with E-state index in [1.165, 1.54) is 12.3 Å². The second-order valence-electron chi connectivity index (χ2n) is 5.96. The summed E-state index contributed by atoms with van der Waals surface area (Å²) in [5.74, 6) is -0.172. The summed E-state index contributed by atoms with van der Waals surface area (Å²) in [6.07, 6.45) is 2.44. The standard InChI is InChI=1S/C16H17Cl2FN4O/c1-23-5-4-10(7-20-13-8-21-22-16(24)14(13)18)15(23)9-2-3-11(17)12(19)6-9/h2-3,6,8,10,15H,4-5,7H2,1H3,(H2,20,22,24). The van der Waals surface area contributed by atoms with Crippen LogP contribution in [0.1, 0.15) is 18.0 Å². The number of anilines is 1. The van der Waals surface area contributed by atoms with Gasteiger partial charge in [0.05, 0.1) is 16.9 Å². The van der Waals surface area contributed by atoms with Crippen LogP contribution in [-0.4, -0.2) is 35.2 Å². The van der Waals surface area contributed by atoms with Gasteiger partial charge >= 0.3 is 0 Å². The molecule has 5 nitrogen and oxygen atoms in total. The van der Waals surface area contributed by atoms with Crippen LogP contribution in [0.2, 0.25) is 10.0 Å². The number of aromatic amines is 1. The van der Waals surface area contributed by atoms with Gasteiger partial charge in [0.15, 0.2) is 0 Å². The van der Waals surface area contributed by atoms with Crippen molar-refractivity contribution in [2.45, 2.75) is 12.5 Å². The molecule has 2 atom stereocenters. The molecule has 2 N–H and O–H groups in total. The Morgan fingerprint density at radius 1 is 1.46 bits per heavy atom. The highest BCUT2D eigenvalue weighted by atomic mass is 35.5. The van der Waals surface area contributed by atoms with Crippen molar-refractivity contribution >= 4 is 28.9 Å². The quantitative estimate of drug-likeness (QED) is 0.866. The van der Waals surface area contributed by atoms with Gasteiger partial charge in [0.25, 0.3) is 5.56 Å². The number of hydrogen-bond donors (Lipinski definition) is 2. The van der Waals surface area contributed by atoms with E-state index < -0.39 is 11.4 Å². The van der Waals surface area contributed by atoms with Gasteiger partial charge in [0.2, 0.25) is 0 Å². The number of rotatable bonds is 4. The molecule has 1 saturated heterocycles. The highest BCUT2D eigenvalue weighted by Crippen LogP contribution is 2.37. The Hall–Kier alpha value is -1.63. The molecular formula is C16H17Cl2FN4O. The minimum absolute atomic E-state index is 0.0676. The van der Waals surface area contributed by atoms with Crippen molar-refractivity contribution in [1.29, 1.82) is 0 Å². The SMILES string of the molecule is CN1CCC(CNc2cn[nH]c(=O)c2Cl)C1c1ccc(Cl)c(F)c1. The second kappa shape index (κ2) is 7.09. The first-order chi connectivity index (χ1) is 11.5. The zero-order valence-corrected chi connectivity index (χ0v) is 14.5. The molecule has 8 heteroatoms. The smallest absolute Gasteiger partial charge is 0.285 e. The largest absolute Gasteiger partial charge is 0.382 e. The van der Waals surface area contributed by atoms with Gasteiger partial charge in [-0.15, -0.1) is 0 Å². The summed E-state index contributed by atoms with van der Waals surface area (Å²) in [4.78, 5) is 13.7. The number of H-pyrrole nitrogens is 1. The lowest BCUT2D eigenvalue weighted by Gasteiger charge is -2.26. The molecule has 128 valence electrons. The van der Waals surface area contributed by atoms with E-state index in [2.05, 4.69) is 20.4 Å². The second-order valence-corrected chi connectivity index (χ2v) is 6.74. The Labute approximate surface area is 148 Å². The molecule has 1 aliphatic heterocycles. The Balaban J connectivity index is 1.78. The van der Waals surface area contributed by atoms with Gasteiger partial charge in [-0.25, -0.2) is 9.49 Å². The molecule has 0 aliphatic carbocycles. The van der Waals surface area contributed by atoms with Crippen molar-refractivity contribution in [1.82, 2.24) is 15.1 Å². The fourth-order valence-corrected chi connectivity index (χ4v) is 3.49. The first-order valence-electron chi connectivity index (χ1n) is 7.59. The molecule has 0 bridgehead atoms. The maximum Gasteiger partial charge on any atom is 0.285 e. The van der Waals surface area contributed by atoms with Crippen molar-refractivity contribution < 1.29 is 4.39 Å². The molecule has 3 rings (SSSR count). The summed E-state index contributed by atoms with van der Waals surface area (Å²) >= 11 is 11.8. The van der Waals surface area contributed by atoms with Crippen molar-refractivity contribution in [2.24, 2.45) is 5.92 Å². The van der Waals surface area contributed by atoms with Crippen LogP contribution < -0.4 is 10.9 Å². The number of aromatic nitrogens is 2. The van der Waals surface area contributed by atoms with Crippen LogP contribution in [0.5, 0.6) is 0 Å². The van der Waals surface area contributed by atoms with Crippen LogP contribution in [-0.2, 0) is 0 Å².